The number of benzene rings is 2. The summed E-state index contributed by atoms with van der Waals surface area (Å²) in [4.78, 5) is 6.90. The lowest BCUT2D eigenvalue weighted by Crippen LogP contribution is -2.07. The summed E-state index contributed by atoms with van der Waals surface area (Å²) in [6.45, 7) is 18.1. The van der Waals surface area contributed by atoms with Crippen molar-refractivity contribution in [1.82, 2.24) is 0 Å². The summed E-state index contributed by atoms with van der Waals surface area (Å²) >= 11 is 1.85. The molecule has 0 aromatic heterocycles. The van der Waals surface area contributed by atoms with Crippen LogP contribution in [-0.4, -0.2) is 11.0 Å². The molecular weight excluding hydrogens is 338 g/mol. The van der Waals surface area contributed by atoms with Crippen LogP contribution in [0.15, 0.2) is 34.3 Å². The predicted molar refractivity (Wildman–Crippen MR) is 115 cm³/mol. The largest absolute Gasteiger partial charge is 0.391 e. The zero-order chi connectivity index (χ0) is 19.5. The van der Waals surface area contributed by atoms with E-state index < -0.39 is 0 Å². The molecule has 0 spiro atoms. The van der Waals surface area contributed by atoms with Crippen LogP contribution in [0.25, 0.3) is 0 Å². The van der Waals surface area contributed by atoms with Gasteiger partial charge in [0.1, 0.15) is 6.61 Å². The monoisotopic (exact) mass is 369 g/mol. The third-order valence-corrected chi connectivity index (χ3v) is 6.17. The fourth-order valence-corrected chi connectivity index (χ4v) is 4.04. The summed E-state index contributed by atoms with van der Waals surface area (Å²) in [5.74, 6) is 0. The molecule has 0 saturated heterocycles. The molecule has 0 aliphatic rings. The average molecular weight is 370 g/mol. The molecule has 0 saturated carbocycles. The number of hydrogen-bond donors (Lipinski definition) is 0. The van der Waals surface area contributed by atoms with Crippen molar-refractivity contribution in [1.29, 1.82) is 0 Å². The van der Waals surface area contributed by atoms with E-state index in [0.29, 0.717) is 6.61 Å². The van der Waals surface area contributed by atoms with Gasteiger partial charge in [-0.05, 0) is 74.1 Å². The number of oxime groups is 1. The van der Waals surface area contributed by atoms with E-state index in [1.54, 1.807) is 0 Å². The first-order valence-electron chi connectivity index (χ1n) is 9.11. The van der Waals surface area contributed by atoms with Crippen molar-refractivity contribution in [2.75, 3.05) is 0 Å². The van der Waals surface area contributed by atoms with Crippen molar-refractivity contribution >= 4 is 18.0 Å². The van der Waals surface area contributed by atoms with Crippen LogP contribution in [0.2, 0.25) is 0 Å². The maximum atomic E-state index is 5.68. The molecule has 0 N–H and O–H groups in total. The minimum Gasteiger partial charge on any atom is -0.391 e. The Bertz CT molecular complexity index is 787. The molecule has 2 aromatic rings. The van der Waals surface area contributed by atoms with E-state index in [2.05, 4.69) is 78.7 Å². The van der Waals surface area contributed by atoms with Crippen molar-refractivity contribution in [3.63, 3.8) is 0 Å². The molecule has 0 bridgehead atoms. The first-order valence-corrected chi connectivity index (χ1v) is 9.92. The molecule has 0 radical (unpaired) electrons. The molecule has 26 heavy (non-hydrogen) atoms. The van der Waals surface area contributed by atoms with Gasteiger partial charge in [-0.2, -0.15) is 0 Å². The summed E-state index contributed by atoms with van der Waals surface area (Å²) < 4.78 is 0.163. The number of nitrogens with zero attached hydrogens (tertiary/aromatic N) is 1. The first-order chi connectivity index (χ1) is 12.1. The first kappa shape index (κ1) is 20.6. The molecule has 0 heterocycles. The van der Waals surface area contributed by atoms with Gasteiger partial charge >= 0.3 is 0 Å². The molecule has 140 valence electrons. The number of hydrogen-bond acceptors (Lipinski definition) is 3. The molecule has 2 rings (SSSR count). The second kappa shape index (κ2) is 8.30. The fourth-order valence-electron chi connectivity index (χ4n) is 3.00. The quantitative estimate of drug-likeness (QED) is 0.333. The predicted octanol–water partition coefficient (Wildman–Crippen LogP) is 6.67. The van der Waals surface area contributed by atoms with Crippen LogP contribution in [0.4, 0.5) is 0 Å². The zero-order valence-corrected chi connectivity index (χ0v) is 18.2. The third-order valence-electron chi connectivity index (χ3n) is 4.97. The minimum absolute atomic E-state index is 0.163. The molecule has 2 nitrogen and oxygen atoms in total. The Balaban J connectivity index is 2.15. The van der Waals surface area contributed by atoms with Gasteiger partial charge in [0, 0.05) is 15.2 Å². The topological polar surface area (TPSA) is 21.6 Å². The summed E-state index contributed by atoms with van der Waals surface area (Å²) in [6.07, 6.45) is 1.83. The van der Waals surface area contributed by atoms with Crippen molar-refractivity contribution in [3.8, 4) is 0 Å². The standard InChI is InChI=1S/C23H31NOS/c1-15-16(2)18(4)21(19(5)17(15)3)14-25-24-13-20-11-9-10-12-22(20)26-23(6,7)8/h9-13H,14H2,1-8H3/b24-13+. The third kappa shape index (κ3) is 4.91. The Kier molecular flexibility index (Phi) is 6.57. The molecule has 0 aliphatic carbocycles. The molecule has 0 aliphatic heterocycles. The lowest BCUT2D eigenvalue weighted by molar-refractivity contribution is 0.131. The van der Waals surface area contributed by atoms with Crippen LogP contribution < -0.4 is 0 Å². The number of rotatable bonds is 5. The summed E-state index contributed by atoms with van der Waals surface area (Å²) in [7, 11) is 0. The Labute approximate surface area is 163 Å². The smallest absolute Gasteiger partial charge is 0.142 e. The van der Waals surface area contributed by atoms with E-state index in [0.717, 1.165) is 5.56 Å². The van der Waals surface area contributed by atoms with Crippen LogP contribution in [-0.2, 0) is 11.4 Å². The summed E-state index contributed by atoms with van der Waals surface area (Å²) in [5, 5.41) is 4.25. The van der Waals surface area contributed by atoms with Gasteiger partial charge in [-0.15, -0.1) is 11.8 Å². The van der Waals surface area contributed by atoms with Gasteiger partial charge in [-0.1, -0.05) is 44.1 Å². The molecule has 3 heteroatoms. The molecule has 0 fully saturated rings. The highest BCUT2D eigenvalue weighted by Gasteiger charge is 2.14. The van der Waals surface area contributed by atoms with Crippen LogP contribution in [0, 0.1) is 34.6 Å². The lowest BCUT2D eigenvalue weighted by Gasteiger charge is -2.19. The molecule has 0 atom stereocenters. The molecular formula is C23H31NOS. The second-order valence-corrected chi connectivity index (χ2v) is 9.73. The highest BCUT2D eigenvalue weighted by atomic mass is 32.2. The molecule has 0 unspecified atom stereocenters. The second-order valence-electron chi connectivity index (χ2n) is 7.86. The SMILES string of the molecule is Cc1c(C)c(C)c(CO/N=C/c2ccccc2SC(C)(C)C)c(C)c1C. The Hall–Kier alpha value is -1.74. The normalized spacial score (nSPS) is 12.0. The van der Waals surface area contributed by atoms with E-state index in [-0.39, 0.29) is 4.75 Å². The Morgan fingerprint density at radius 3 is 2.00 bits per heavy atom. The van der Waals surface area contributed by atoms with Gasteiger partial charge in [0.2, 0.25) is 0 Å². The highest BCUT2D eigenvalue weighted by molar-refractivity contribution is 8.00. The van der Waals surface area contributed by atoms with Crippen LogP contribution in [0.1, 0.15) is 59.7 Å². The summed E-state index contributed by atoms with van der Waals surface area (Å²) in [6, 6.07) is 8.32. The average Bonchev–Trinajstić information content (AvgIpc) is 2.57. The number of thioether (sulfide) groups is 1. The van der Waals surface area contributed by atoms with Crippen molar-refractivity contribution in [3.05, 3.63) is 63.2 Å². The summed E-state index contributed by atoms with van der Waals surface area (Å²) in [5.41, 5.74) is 9.04. The van der Waals surface area contributed by atoms with E-state index in [1.165, 1.54) is 38.3 Å². The van der Waals surface area contributed by atoms with Crippen molar-refractivity contribution < 1.29 is 4.84 Å². The Morgan fingerprint density at radius 1 is 0.885 bits per heavy atom. The Morgan fingerprint density at radius 2 is 1.42 bits per heavy atom. The van der Waals surface area contributed by atoms with Crippen LogP contribution in [0.3, 0.4) is 0 Å². The van der Waals surface area contributed by atoms with Gasteiger partial charge in [0.05, 0.1) is 6.21 Å². The molecule has 0 amide bonds. The van der Waals surface area contributed by atoms with Crippen molar-refractivity contribution in [2.24, 2.45) is 5.16 Å². The molecule has 2 aromatic carbocycles. The maximum Gasteiger partial charge on any atom is 0.142 e. The van der Waals surface area contributed by atoms with Gasteiger partial charge in [-0.25, -0.2) is 0 Å². The van der Waals surface area contributed by atoms with E-state index in [4.69, 9.17) is 4.84 Å². The fraction of sp³-hybridized carbons (Fsp3) is 0.435. The van der Waals surface area contributed by atoms with Crippen LogP contribution in [0.5, 0.6) is 0 Å². The van der Waals surface area contributed by atoms with Gasteiger partial charge in [-0.3, -0.25) is 0 Å². The minimum atomic E-state index is 0.163. The van der Waals surface area contributed by atoms with E-state index >= 15 is 0 Å². The van der Waals surface area contributed by atoms with Gasteiger partial charge < -0.3 is 4.84 Å². The lowest BCUT2D eigenvalue weighted by atomic mass is 9.90. The van der Waals surface area contributed by atoms with Crippen molar-refractivity contribution in [2.45, 2.75) is 71.6 Å². The van der Waals surface area contributed by atoms with E-state index in [1.807, 2.05) is 24.0 Å². The zero-order valence-electron chi connectivity index (χ0n) is 17.4. The van der Waals surface area contributed by atoms with Gasteiger partial charge in [0.15, 0.2) is 0 Å². The van der Waals surface area contributed by atoms with E-state index in [9.17, 15) is 0 Å². The van der Waals surface area contributed by atoms with Gasteiger partial charge in [0.25, 0.3) is 0 Å². The maximum absolute atomic E-state index is 5.68. The highest BCUT2D eigenvalue weighted by Crippen LogP contribution is 2.33. The van der Waals surface area contributed by atoms with Crippen LogP contribution >= 0.6 is 11.8 Å².